The van der Waals surface area contributed by atoms with E-state index in [0.717, 1.165) is 28.1 Å². The lowest BCUT2D eigenvalue weighted by atomic mass is 10.1. The van der Waals surface area contributed by atoms with Gasteiger partial charge in [0.2, 0.25) is 0 Å². The van der Waals surface area contributed by atoms with E-state index in [9.17, 15) is 4.79 Å². The van der Waals surface area contributed by atoms with E-state index in [1.54, 1.807) is 12.1 Å². The van der Waals surface area contributed by atoms with Crippen molar-refractivity contribution in [2.24, 2.45) is 0 Å². The molecule has 150 valence electrons. The van der Waals surface area contributed by atoms with Gasteiger partial charge in [0.1, 0.15) is 5.82 Å². The van der Waals surface area contributed by atoms with Crippen LogP contribution >= 0.6 is 0 Å². The molecule has 2 aromatic heterocycles. The average molecular weight is 398 g/mol. The van der Waals surface area contributed by atoms with E-state index in [4.69, 9.17) is 14.4 Å². The van der Waals surface area contributed by atoms with Gasteiger partial charge in [0.05, 0.1) is 11.8 Å². The number of rotatable bonds is 3. The number of aromatic nitrogens is 2. The summed E-state index contributed by atoms with van der Waals surface area (Å²) in [6.07, 6.45) is 1.53. The highest BCUT2D eigenvalue weighted by Crippen LogP contribution is 2.28. The number of anilines is 1. The van der Waals surface area contributed by atoms with Crippen molar-refractivity contribution in [2.75, 3.05) is 31.1 Å². The maximum atomic E-state index is 12.6. The highest BCUT2D eigenvalue weighted by molar-refractivity contribution is 5.93. The van der Waals surface area contributed by atoms with Crippen LogP contribution in [0.1, 0.15) is 16.1 Å². The van der Waals surface area contributed by atoms with Gasteiger partial charge < -0.3 is 14.2 Å². The second-order valence-corrected chi connectivity index (χ2v) is 7.51. The van der Waals surface area contributed by atoms with E-state index in [1.807, 2.05) is 23.1 Å². The quantitative estimate of drug-likeness (QED) is 0.519. The molecule has 0 saturated carbocycles. The summed E-state index contributed by atoms with van der Waals surface area (Å²) in [6, 6.07) is 19.8. The third-order valence-electron chi connectivity index (χ3n) is 5.49. The number of fused-ring (bicyclic) bond motifs is 1. The fraction of sp³-hybridized carbons (Fsp3) is 0.208. The van der Waals surface area contributed by atoms with Crippen LogP contribution in [0.2, 0.25) is 0 Å². The summed E-state index contributed by atoms with van der Waals surface area (Å²) >= 11 is 0. The molecule has 2 aromatic carbocycles. The molecule has 5 rings (SSSR count). The number of furan rings is 1. The molecular formula is C24H22N4O2. The second-order valence-electron chi connectivity index (χ2n) is 7.51. The van der Waals surface area contributed by atoms with Gasteiger partial charge in [-0.15, -0.1) is 0 Å². The number of hydrogen-bond donors (Lipinski definition) is 0. The lowest BCUT2D eigenvalue weighted by Crippen LogP contribution is -2.49. The molecule has 0 radical (unpaired) electrons. The van der Waals surface area contributed by atoms with Crippen LogP contribution in [0.25, 0.3) is 22.3 Å². The molecule has 0 N–H and O–H groups in total. The second kappa shape index (κ2) is 7.63. The van der Waals surface area contributed by atoms with Crippen LogP contribution in [0.15, 0.2) is 71.3 Å². The summed E-state index contributed by atoms with van der Waals surface area (Å²) in [5.74, 6) is 1.96. The maximum Gasteiger partial charge on any atom is 0.289 e. The summed E-state index contributed by atoms with van der Waals surface area (Å²) in [4.78, 5) is 26.4. The third kappa shape index (κ3) is 3.41. The van der Waals surface area contributed by atoms with Gasteiger partial charge >= 0.3 is 0 Å². The summed E-state index contributed by atoms with van der Waals surface area (Å²) in [5, 5.41) is 1.03. The molecule has 4 aromatic rings. The van der Waals surface area contributed by atoms with Crippen LogP contribution in [0.3, 0.4) is 0 Å². The van der Waals surface area contributed by atoms with Gasteiger partial charge in [-0.1, -0.05) is 42.0 Å². The number of aryl methyl sites for hydroxylation is 1. The molecule has 6 nitrogen and oxygen atoms in total. The van der Waals surface area contributed by atoms with Crippen LogP contribution in [-0.4, -0.2) is 47.0 Å². The Labute approximate surface area is 174 Å². The van der Waals surface area contributed by atoms with E-state index < -0.39 is 0 Å². The van der Waals surface area contributed by atoms with E-state index >= 15 is 0 Å². The maximum absolute atomic E-state index is 12.6. The third-order valence-corrected chi connectivity index (χ3v) is 5.49. The van der Waals surface area contributed by atoms with Gasteiger partial charge in [-0.25, -0.2) is 9.97 Å². The van der Waals surface area contributed by atoms with Crippen LogP contribution in [0.5, 0.6) is 0 Å². The minimum Gasteiger partial charge on any atom is -0.459 e. The molecule has 1 amide bonds. The van der Waals surface area contributed by atoms with Gasteiger partial charge in [0, 0.05) is 37.1 Å². The summed E-state index contributed by atoms with van der Waals surface area (Å²) in [5.41, 5.74) is 3.13. The van der Waals surface area contributed by atoms with Crippen LogP contribution in [0.4, 0.5) is 5.82 Å². The summed E-state index contributed by atoms with van der Waals surface area (Å²) < 4.78 is 5.27. The van der Waals surface area contributed by atoms with Crippen molar-refractivity contribution >= 4 is 22.6 Å². The number of benzene rings is 2. The Bertz CT molecular complexity index is 1180. The van der Waals surface area contributed by atoms with Crippen LogP contribution < -0.4 is 4.90 Å². The summed E-state index contributed by atoms with van der Waals surface area (Å²) in [7, 11) is 0. The number of para-hydroxylation sites is 1. The predicted molar refractivity (Wildman–Crippen MR) is 117 cm³/mol. The molecule has 1 aliphatic rings. The van der Waals surface area contributed by atoms with Crippen molar-refractivity contribution in [3.05, 3.63) is 78.3 Å². The topological polar surface area (TPSA) is 62.5 Å². The molecule has 1 fully saturated rings. The Morgan fingerprint density at radius 2 is 1.67 bits per heavy atom. The van der Waals surface area contributed by atoms with Crippen molar-refractivity contribution in [3.63, 3.8) is 0 Å². The molecule has 0 spiro atoms. The Hall–Kier alpha value is -3.67. The minimum absolute atomic E-state index is 0.0625. The molecule has 0 bridgehead atoms. The Balaban J connectivity index is 1.45. The largest absolute Gasteiger partial charge is 0.459 e. The lowest BCUT2D eigenvalue weighted by Gasteiger charge is -2.35. The van der Waals surface area contributed by atoms with E-state index in [-0.39, 0.29) is 5.91 Å². The summed E-state index contributed by atoms with van der Waals surface area (Å²) in [6.45, 7) is 4.73. The van der Waals surface area contributed by atoms with Crippen LogP contribution in [0, 0.1) is 6.92 Å². The monoisotopic (exact) mass is 398 g/mol. The van der Waals surface area contributed by atoms with Crippen molar-refractivity contribution < 1.29 is 9.21 Å². The van der Waals surface area contributed by atoms with Crippen molar-refractivity contribution in [1.29, 1.82) is 0 Å². The molecule has 0 aliphatic carbocycles. The first-order chi connectivity index (χ1) is 14.7. The van der Waals surface area contributed by atoms with E-state index in [0.29, 0.717) is 31.9 Å². The van der Waals surface area contributed by atoms with Gasteiger partial charge in [0.15, 0.2) is 11.6 Å². The van der Waals surface area contributed by atoms with Gasteiger partial charge in [-0.05, 0) is 31.2 Å². The minimum atomic E-state index is -0.0625. The SMILES string of the molecule is Cc1ccc(-c2nc(N3CCN(C(=O)c4ccco4)CC3)c3ccccc3n2)cc1. The smallest absolute Gasteiger partial charge is 0.289 e. The number of carbonyl (C=O) groups excluding carboxylic acids is 1. The Morgan fingerprint density at radius 3 is 2.40 bits per heavy atom. The Kier molecular flexibility index (Phi) is 4.67. The van der Waals surface area contributed by atoms with Crippen molar-refractivity contribution in [3.8, 4) is 11.4 Å². The number of amides is 1. The first-order valence-electron chi connectivity index (χ1n) is 10.1. The van der Waals surface area contributed by atoms with E-state index in [1.165, 1.54) is 11.8 Å². The molecule has 30 heavy (non-hydrogen) atoms. The number of nitrogens with zero attached hydrogens (tertiary/aromatic N) is 4. The predicted octanol–water partition coefficient (Wildman–Crippen LogP) is 4.16. The molecular weight excluding hydrogens is 376 g/mol. The first-order valence-corrected chi connectivity index (χ1v) is 10.1. The normalized spacial score (nSPS) is 14.3. The Morgan fingerprint density at radius 1 is 0.900 bits per heavy atom. The zero-order chi connectivity index (χ0) is 20.5. The first kappa shape index (κ1) is 18.4. The fourth-order valence-electron chi connectivity index (χ4n) is 3.81. The molecule has 0 atom stereocenters. The average Bonchev–Trinajstić information content (AvgIpc) is 3.33. The highest BCUT2D eigenvalue weighted by Gasteiger charge is 2.25. The fourth-order valence-corrected chi connectivity index (χ4v) is 3.81. The lowest BCUT2D eigenvalue weighted by molar-refractivity contribution is 0.0714. The molecule has 0 unspecified atom stereocenters. The number of piperazine rings is 1. The number of hydrogen-bond acceptors (Lipinski definition) is 5. The highest BCUT2D eigenvalue weighted by atomic mass is 16.3. The van der Waals surface area contributed by atoms with Crippen molar-refractivity contribution in [2.45, 2.75) is 6.92 Å². The standard InChI is InChI=1S/C24H22N4O2/c1-17-8-10-18(11-9-17)22-25-20-6-3-2-5-19(20)23(26-22)27-12-14-28(15-13-27)24(29)21-7-4-16-30-21/h2-11,16H,12-15H2,1H3. The number of carbonyl (C=O) groups is 1. The van der Waals surface area contributed by atoms with E-state index in [2.05, 4.69) is 42.2 Å². The van der Waals surface area contributed by atoms with Crippen LogP contribution in [-0.2, 0) is 0 Å². The zero-order valence-electron chi connectivity index (χ0n) is 16.8. The molecule has 6 heteroatoms. The molecule has 1 aliphatic heterocycles. The van der Waals surface area contributed by atoms with Crippen molar-refractivity contribution in [1.82, 2.24) is 14.9 Å². The molecule has 1 saturated heterocycles. The van der Waals surface area contributed by atoms with Gasteiger partial charge in [-0.3, -0.25) is 4.79 Å². The zero-order valence-corrected chi connectivity index (χ0v) is 16.8. The molecule has 3 heterocycles. The van der Waals surface area contributed by atoms with Gasteiger partial charge in [-0.2, -0.15) is 0 Å². The van der Waals surface area contributed by atoms with Gasteiger partial charge in [0.25, 0.3) is 5.91 Å².